The Labute approximate surface area is 205 Å². The Hall–Kier alpha value is -3.23. The monoisotopic (exact) mass is 483 g/mol. The highest BCUT2D eigenvalue weighted by atomic mass is 19.1. The summed E-state index contributed by atoms with van der Waals surface area (Å²) in [5, 5.41) is 3.32. The number of halogens is 1. The maximum Gasteiger partial charge on any atom is 0.413 e. The van der Waals surface area contributed by atoms with Gasteiger partial charge in [0.15, 0.2) is 5.82 Å². The molecule has 0 unspecified atom stereocenters. The van der Waals surface area contributed by atoms with Crippen LogP contribution in [0.3, 0.4) is 0 Å². The fourth-order valence-electron chi connectivity index (χ4n) is 5.02. The summed E-state index contributed by atoms with van der Waals surface area (Å²) >= 11 is 0. The third-order valence-electron chi connectivity index (χ3n) is 6.98. The highest BCUT2D eigenvalue weighted by molar-refractivity contribution is 5.88. The molecule has 2 aliphatic rings. The van der Waals surface area contributed by atoms with E-state index in [4.69, 9.17) is 4.74 Å². The molecule has 2 heterocycles. The predicted octanol–water partition coefficient (Wildman–Crippen LogP) is 4.86. The van der Waals surface area contributed by atoms with Crippen LogP contribution in [0, 0.1) is 11.7 Å². The largest absolute Gasteiger partial charge is 0.452 e. The van der Waals surface area contributed by atoms with E-state index in [1.807, 2.05) is 11.8 Å². The zero-order valence-electron chi connectivity index (χ0n) is 20.5. The Balaban J connectivity index is 1.42. The lowest BCUT2D eigenvalue weighted by Gasteiger charge is -2.35. The molecule has 0 spiro atoms. The highest BCUT2D eigenvalue weighted by Gasteiger charge is 2.29. The lowest BCUT2D eigenvalue weighted by Crippen LogP contribution is -2.45. The molecular formula is C26H34FN5O3. The molecule has 0 atom stereocenters. The topological polar surface area (TPSA) is 87.7 Å². The van der Waals surface area contributed by atoms with E-state index in [1.165, 1.54) is 18.4 Å². The number of methoxy groups -OCH3 is 1. The molecule has 1 aliphatic heterocycles. The number of nitrogens with zero attached hydrogens (tertiary/aromatic N) is 4. The van der Waals surface area contributed by atoms with E-state index in [0.29, 0.717) is 42.7 Å². The molecule has 2 amide bonds. The van der Waals surface area contributed by atoms with Crippen molar-refractivity contribution in [1.29, 1.82) is 0 Å². The van der Waals surface area contributed by atoms with Crippen LogP contribution in [0.5, 0.6) is 0 Å². The van der Waals surface area contributed by atoms with Gasteiger partial charge in [-0.3, -0.25) is 9.69 Å². The minimum absolute atomic E-state index is 0.116. The fraction of sp³-hybridized carbons (Fsp3) is 0.538. The van der Waals surface area contributed by atoms with Gasteiger partial charge in [0.25, 0.3) is 0 Å². The number of nitrogens with one attached hydrogen (secondary N) is 1. The minimum Gasteiger partial charge on any atom is -0.452 e. The van der Waals surface area contributed by atoms with Gasteiger partial charge in [-0.25, -0.2) is 19.2 Å². The average molecular weight is 484 g/mol. The van der Waals surface area contributed by atoms with E-state index >= 15 is 0 Å². The van der Waals surface area contributed by atoms with Gasteiger partial charge in [0, 0.05) is 42.8 Å². The molecule has 4 rings (SSSR count). The summed E-state index contributed by atoms with van der Waals surface area (Å²) in [4.78, 5) is 36.9. The SMILES string of the molecule is CCN(C(=O)OC)c1cccc(-c2nc(NC3CCN(C(=O)C4CCCCC4)CC3)ncc2F)c1. The van der Waals surface area contributed by atoms with Crippen LogP contribution in [0.25, 0.3) is 11.3 Å². The van der Waals surface area contributed by atoms with Crippen molar-refractivity contribution in [3.63, 3.8) is 0 Å². The molecule has 1 aromatic carbocycles. The Morgan fingerprint density at radius 2 is 1.91 bits per heavy atom. The molecule has 1 saturated heterocycles. The quantitative estimate of drug-likeness (QED) is 0.632. The standard InChI is InChI=1S/C26H34FN5O3/c1-3-32(26(34)35-2)21-11-7-10-19(16-21)23-22(27)17-28-25(30-23)29-20-12-14-31(15-13-20)24(33)18-8-5-4-6-9-18/h7,10-11,16-18,20H,3-6,8-9,12-15H2,1-2H3,(H,28,29,30). The van der Waals surface area contributed by atoms with E-state index < -0.39 is 11.9 Å². The molecule has 1 aliphatic carbocycles. The van der Waals surface area contributed by atoms with Crippen LogP contribution in [0.15, 0.2) is 30.5 Å². The maximum atomic E-state index is 14.7. The van der Waals surface area contributed by atoms with E-state index in [-0.39, 0.29) is 17.7 Å². The van der Waals surface area contributed by atoms with Crippen LogP contribution in [-0.4, -0.2) is 59.7 Å². The number of hydrogen-bond donors (Lipinski definition) is 1. The first-order chi connectivity index (χ1) is 17.0. The molecule has 2 aromatic rings. The molecule has 1 aromatic heterocycles. The van der Waals surface area contributed by atoms with Crippen LogP contribution in [0.2, 0.25) is 0 Å². The van der Waals surface area contributed by atoms with Crippen molar-refractivity contribution >= 4 is 23.6 Å². The number of anilines is 2. The molecule has 0 bridgehead atoms. The molecule has 2 fully saturated rings. The fourth-order valence-corrected chi connectivity index (χ4v) is 5.02. The van der Waals surface area contributed by atoms with E-state index in [1.54, 1.807) is 24.3 Å². The molecule has 9 heteroatoms. The number of piperidine rings is 1. The van der Waals surface area contributed by atoms with Gasteiger partial charge < -0.3 is 15.0 Å². The Kier molecular flexibility index (Phi) is 8.15. The van der Waals surface area contributed by atoms with E-state index in [9.17, 15) is 14.0 Å². The number of carbonyl (C=O) groups is 2. The van der Waals surface area contributed by atoms with Gasteiger partial charge in [0.2, 0.25) is 11.9 Å². The summed E-state index contributed by atoms with van der Waals surface area (Å²) in [6.45, 7) is 3.68. The highest BCUT2D eigenvalue weighted by Crippen LogP contribution is 2.28. The maximum absolute atomic E-state index is 14.7. The van der Waals surface area contributed by atoms with Crippen molar-refractivity contribution < 1.29 is 18.7 Å². The normalized spacial score (nSPS) is 17.2. The third-order valence-corrected chi connectivity index (χ3v) is 6.98. The number of amides is 2. The molecule has 188 valence electrons. The predicted molar refractivity (Wildman–Crippen MR) is 133 cm³/mol. The summed E-state index contributed by atoms with van der Waals surface area (Å²) in [7, 11) is 1.33. The summed E-state index contributed by atoms with van der Waals surface area (Å²) in [5.41, 5.74) is 1.30. The Morgan fingerprint density at radius 1 is 1.17 bits per heavy atom. The first-order valence-corrected chi connectivity index (χ1v) is 12.5. The van der Waals surface area contributed by atoms with Crippen LogP contribution >= 0.6 is 0 Å². The number of rotatable bonds is 6. The van der Waals surface area contributed by atoms with Crippen molar-refractivity contribution in [3.8, 4) is 11.3 Å². The minimum atomic E-state index is -0.540. The first-order valence-electron chi connectivity index (χ1n) is 12.5. The van der Waals surface area contributed by atoms with Gasteiger partial charge in [-0.2, -0.15) is 0 Å². The van der Waals surface area contributed by atoms with Gasteiger partial charge in [-0.1, -0.05) is 31.4 Å². The van der Waals surface area contributed by atoms with Gasteiger partial charge in [-0.15, -0.1) is 0 Å². The summed E-state index contributed by atoms with van der Waals surface area (Å²) in [6.07, 6.45) is 7.85. The number of carbonyl (C=O) groups excluding carboxylic acids is 2. The molecule has 1 N–H and O–H groups in total. The molecule has 0 radical (unpaired) electrons. The lowest BCUT2D eigenvalue weighted by atomic mass is 9.87. The number of aromatic nitrogens is 2. The van der Waals surface area contributed by atoms with Crippen molar-refractivity contribution in [2.45, 2.75) is 57.9 Å². The second kappa shape index (κ2) is 11.5. The van der Waals surface area contributed by atoms with Crippen molar-refractivity contribution in [1.82, 2.24) is 14.9 Å². The van der Waals surface area contributed by atoms with Crippen LogP contribution in [-0.2, 0) is 9.53 Å². The smallest absolute Gasteiger partial charge is 0.413 e. The van der Waals surface area contributed by atoms with Crippen LogP contribution in [0.4, 0.5) is 20.8 Å². The third kappa shape index (κ3) is 5.89. The summed E-state index contributed by atoms with van der Waals surface area (Å²) in [5.74, 6) is 0.303. The van der Waals surface area contributed by atoms with Crippen LogP contribution < -0.4 is 10.2 Å². The summed E-state index contributed by atoms with van der Waals surface area (Å²) < 4.78 is 19.5. The van der Waals surface area contributed by atoms with E-state index in [0.717, 1.165) is 44.7 Å². The molecule has 35 heavy (non-hydrogen) atoms. The van der Waals surface area contributed by atoms with Gasteiger partial charge in [-0.05, 0) is 44.7 Å². The number of benzene rings is 1. The number of likely N-dealkylation sites (tertiary alicyclic amines) is 1. The summed E-state index contributed by atoms with van der Waals surface area (Å²) in [6, 6.07) is 7.10. The Bertz CT molecular complexity index is 1040. The van der Waals surface area contributed by atoms with Crippen molar-refractivity contribution in [3.05, 3.63) is 36.3 Å². The van der Waals surface area contributed by atoms with Crippen LogP contribution in [0.1, 0.15) is 51.9 Å². The van der Waals surface area contributed by atoms with Crippen molar-refractivity contribution in [2.75, 3.05) is 37.0 Å². The number of ether oxygens (including phenoxy) is 1. The number of hydrogen-bond acceptors (Lipinski definition) is 6. The van der Waals surface area contributed by atoms with Crippen molar-refractivity contribution in [2.24, 2.45) is 5.92 Å². The van der Waals surface area contributed by atoms with E-state index in [2.05, 4.69) is 15.3 Å². The zero-order chi connectivity index (χ0) is 24.8. The van der Waals surface area contributed by atoms with Gasteiger partial charge >= 0.3 is 6.09 Å². The van der Waals surface area contributed by atoms with Gasteiger partial charge in [0.1, 0.15) is 5.69 Å². The zero-order valence-corrected chi connectivity index (χ0v) is 20.5. The second-order valence-corrected chi connectivity index (χ2v) is 9.23. The van der Waals surface area contributed by atoms with Gasteiger partial charge in [0.05, 0.1) is 13.3 Å². The Morgan fingerprint density at radius 3 is 2.60 bits per heavy atom. The molecule has 1 saturated carbocycles. The lowest BCUT2D eigenvalue weighted by molar-refractivity contribution is -0.137. The second-order valence-electron chi connectivity index (χ2n) is 9.23. The molecular weight excluding hydrogens is 449 g/mol. The first kappa shape index (κ1) is 24.9. The molecule has 8 nitrogen and oxygen atoms in total. The average Bonchev–Trinajstić information content (AvgIpc) is 2.91.